The number of nitrogens with two attached hydrogens (primary N) is 1. The molecule has 0 fully saturated rings. The van der Waals surface area contributed by atoms with Gasteiger partial charge in [-0.25, -0.2) is 14.4 Å². The van der Waals surface area contributed by atoms with Crippen molar-refractivity contribution in [1.29, 1.82) is 0 Å². The molecule has 0 aromatic carbocycles. The van der Waals surface area contributed by atoms with Crippen LogP contribution in [0, 0.1) is 5.82 Å². The summed E-state index contributed by atoms with van der Waals surface area (Å²) in [7, 11) is 0. The first-order chi connectivity index (χ1) is 5.43. The van der Waals surface area contributed by atoms with Crippen LogP contribution < -0.4 is 5.73 Å². The van der Waals surface area contributed by atoms with Gasteiger partial charge in [-0.15, -0.1) is 0 Å². The van der Waals surface area contributed by atoms with Crippen LogP contribution in [0.25, 0.3) is 0 Å². The molecule has 0 amide bonds. The molecule has 0 spiro atoms. The van der Waals surface area contributed by atoms with Gasteiger partial charge in [-0.3, -0.25) is 0 Å². The summed E-state index contributed by atoms with van der Waals surface area (Å²) in [5.74, 6) is -0.597. The second-order valence-electron chi connectivity index (χ2n) is 3.67. The highest BCUT2D eigenvalue weighted by Crippen LogP contribution is 2.23. The third-order valence-electron chi connectivity index (χ3n) is 1.53. The van der Waals surface area contributed by atoms with Crippen molar-refractivity contribution in [3.8, 4) is 0 Å². The normalized spacial score (nSPS) is 11.7. The predicted octanol–water partition coefficient (Wildman–Crippen LogP) is 1.50. The van der Waals surface area contributed by atoms with Crippen LogP contribution in [0.5, 0.6) is 0 Å². The molecule has 0 saturated carbocycles. The van der Waals surface area contributed by atoms with Crippen molar-refractivity contribution in [2.24, 2.45) is 0 Å². The zero-order valence-corrected chi connectivity index (χ0v) is 7.43. The zero-order valence-electron chi connectivity index (χ0n) is 7.43. The lowest BCUT2D eigenvalue weighted by Gasteiger charge is -2.17. The average molecular weight is 169 g/mol. The molecule has 66 valence electrons. The van der Waals surface area contributed by atoms with E-state index in [9.17, 15) is 4.39 Å². The van der Waals surface area contributed by atoms with Gasteiger partial charge in [-0.1, -0.05) is 20.8 Å². The molecule has 0 atom stereocenters. The third kappa shape index (κ3) is 1.52. The number of nitrogen functional groups attached to an aromatic ring is 1. The van der Waals surface area contributed by atoms with Gasteiger partial charge in [0.15, 0.2) is 11.6 Å². The first-order valence-corrected chi connectivity index (χ1v) is 3.69. The van der Waals surface area contributed by atoms with Gasteiger partial charge in [0.25, 0.3) is 0 Å². The number of hydrogen-bond donors (Lipinski definition) is 1. The minimum atomic E-state index is -0.509. The second kappa shape index (κ2) is 2.69. The molecule has 0 radical (unpaired) electrons. The SMILES string of the molecule is CC(C)(C)c1ncnc(N)c1F. The van der Waals surface area contributed by atoms with Crippen LogP contribution in [0.2, 0.25) is 0 Å². The van der Waals surface area contributed by atoms with Crippen LogP contribution in [0.15, 0.2) is 6.33 Å². The largest absolute Gasteiger partial charge is 0.381 e. The first-order valence-electron chi connectivity index (χ1n) is 3.69. The molecule has 4 heteroatoms. The van der Waals surface area contributed by atoms with Gasteiger partial charge in [-0.2, -0.15) is 0 Å². The van der Waals surface area contributed by atoms with Gasteiger partial charge in [0, 0.05) is 5.41 Å². The minimum Gasteiger partial charge on any atom is -0.381 e. The summed E-state index contributed by atoms with van der Waals surface area (Å²) < 4.78 is 13.2. The van der Waals surface area contributed by atoms with Crippen LogP contribution in [0.4, 0.5) is 10.2 Å². The fourth-order valence-electron chi connectivity index (χ4n) is 0.906. The van der Waals surface area contributed by atoms with E-state index in [1.165, 1.54) is 6.33 Å². The van der Waals surface area contributed by atoms with Gasteiger partial charge in [0.05, 0.1) is 5.69 Å². The highest BCUT2D eigenvalue weighted by molar-refractivity contribution is 5.33. The maximum Gasteiger partial charge on any atom is 0.187 e. The summed E-state index contributed by atoms with van der Waals surface area (Å²) in [5, 5.41) is 0. The molecule has 3 nitrogen and oxygen atoms in total. The van der Waals surface area contributed by atoms with Crippen LogP contribution in [-0.4, -0.2) is 9.97 Å². The lowest BCUT2D eigenvalue weighted by Crippen LogP contribution is -2.17. The van der Waals surface area contributed by atoms with Crippen molar-refractivity contribution in [3.63, 3.8) is 0 Å². The van der Waals surface area contributed by atoms with Crippen LogP contribution in [0.1, 0.15) is 26.5 Å². The number of nitrogens with zero attached hydrogens (tertiary/aromatic N) is 2. The number of anilines is 1. The van der Waals surface area contributed by atoms with Crippen molar-refractivity contribution < 1.29 is 4.39 Å². The maximum absolute atomic E-state index is 13.2. The van der Waals surface area contributed by atoms with Gasteiger partial charge < -0.3 is 5.73 Å². The van der Waals surface area contributed by atoms with Crippen LogP contribution in [0.3, 0.4) is 0 Å². The van der Waals surface area contributed by atoms with E-state index in [1.54, 1.807) is 0 Å². The summed E-state index contributed by atoms with van der Waals surface area (Å²) in [6.45, 7) is 5.62. The van der Waals surface area contributed by atoms with Gasteiger partial charge in [0.2, 0.25) is 0 Å². The van der Waals surface area contributed by atoms with E-state index >= 15 is 0 Å². The Bertz CT molecular complexity index is 291. The quantitative estimate of drug-likeness (QED) is 0.640. The number of rotatable bonds is 0. The molecule has 1 aromatic heterocycles. The minimum absolute atomic E-state index is 0.0880. The lowest BCUT2D eigenvalue weighted by atomic mass is 9.91. The molecular weight excluding hydrogens is 157 g/mol. The fourth-order valence-corrected chi connectivity index (χ4v) is 0.906. The summed E-state index contributed by atoms with van der Waals surface area (Å²) in [5.41, 5.74) is 5.32. The predicted molar refractivity (Wildman–Crippen MR) is 45.1 cm³/mol. The topological polar surface area (TPSA) is 51.8 Å². The van der Waals surface area contributed by atoms with Crippen molar-refractivity contribution >= 4 is 5.82 Å². The Hall–Kier alpha value is -1.19. The van der Waals surface area contributed by atoms with Crippen molar-refractivity contribution in [3.05, 3.63) is 17.8 Å². The first kappa shape index (κ1) is 8.90. The van der Waals surface area contributed by atoms with Crippen LogP contribution >= 0.6 is 0 Å². The molecule has 0 aliphatic heterocycles. The fraction of sp³-hybridized carbons (Fsp3) is 0.500. The Morgan fingerprint density at radius 2 is 1.92 bits per heavy atom. The van der Waals surface area contributed by atoms with Gasteiger partial charge in [-0.05, 0) is 0 Å². The van der Waals surface area contributed by atoms with Crippen molar-refractivity contribution in [1.82, 2.24) is 9.97 Å². The van der Waals surface area contributed by atoms with E-state index in [0.717, 1.165) is 0 Å². The molecule has 0 unspecified atom stereocenters. The second-order valence-corrected chi connectivity index (χ2v) is 3.67. The van der Waals surface area contributed by atoms with E-state index in [2.05, 4.69) is 9.97 Å². The smallest absolute Gasteiger partial charge is 0.187 e. The Balaban J connectivity index is 3.26. The molecule has 1 aromatic rings. The summed E-state index contributed by atoms with van der Waals surface area (Å²) in [6, 6.07) is 0. The zero-order chi connectivity index (χ0) is 9.35. The number of halogens is 1. The standard InChI is InChI=1S/C8H12FN3/c1-8(2,3)6-5(9)7(10)12-4-11-6/h4H,1-3H3,(H2,10,11,12). The third-order valence-corrected chi connectivity index (χ3v) is 1.53. The van der Waals surface area contributed by atoms with E-state index in [-0.39, 0.29) is 11.2 Å². The molecule has 0 aliphatic rings. The average Bonchev–Trinajstić information content (AvgIpc) is 1.92. The molecule has 0 saturated heterocycles. The summed E-state index contributed by atoms with van der Waals surface area (Å²) in [4.78, 5) is 7.39. The Labute approximate surface area is 70.8 Å². The van der Waals surface area contributed by atoms with E-state index in [4.69, 9.17) is 5.73 Å². The summed E-state index contributed by atoms with van der Waals surface area (Å²) >= 11 is 0. The Morgan fingerprint density at radius 3 is 2.33 bits per heavy atom. The van der Waals surface area contributed by atoms with Crippen molar-refractivity contribution in [2.45, 2.75) is 26.2 Å². The molecule has 0 aliphatic carbocycles. The molecular formula is C8H12FN3. The maximum atomic E-state index is 13.2. The highest BCUT2D eigenvalue weighted by atomic mass is 19.1. The molecule has 0 bridgehead atoms. The monoisotopic (exact) mass is 169 g/mol. The van der Waals surface area contributed by atoms with Gasteiger partial charge >= 0.3 is 0 Å². The molecule has 2 N–H and O–H groups in total. The Kier molecular flexibility index (Phi) is 2.00. The molecule has 1 rings (SSSR count). The van der Waals surface area contributed by atoms with Gasteiger partial charge in [0.1, 0.15) is 6.33 Å². The van der Waals surface area contributed by atoms with Crippen LogP contribution in [-0.2, 0) is 5.41 Å². The van der Waals surface area contributed by atoms with E-state index < -0.39 is 5.82 Å². The van der Waals surface area contributed by atoms with E-state index in [0.29, 0.717) is 5.69 Å². The highest BCUT2D eigenvalue weighted by Gasteiger charge is 2.21. The molecule has 12 heavy (non-hydrogen) atoms. The Morgan fingerprint density at radius 1 is 1.33 bits per heavy atom. The summed E-state index contributed by atoms with van der Waals surface area (Å²) in [6.07, 6.45) is 1.28. The number of aromatic nitrogens is 2. The van der Waals surface area contributed by atoms with E-state index in [1.807, 2.05) is 20.8 Å². The number of hydrogen-bond acceptors (Lipinski definition) is 3. The lowest BCUT2D eigenvalue weighted by molar-refractivity contribution is 0.501. The molecule has 1 heterocycles. The van der Waals surface area contributed by atoms with Crippen molar-refractivity contribution in [2.75, 3.05) is 5.73 Å².